The van der Waals surface area contributed by atoms with Crippen LogP contribution in [-0.4, -0.2) is 9.13 Å². The van der Waals surface area contributed by atoms with Crippen LogP contribution < -0.4 is 9.13 Å². The van der Waals surface area contributed by atoms with E-state index in [9.17, 15) is 0 Å². The van der Waals surface area contributed by atoms with Crippen LogP contribution in [-0.2, 0) is 13.1 Å². The van der Waals surface area contributed by atoms with E-state index in [1.165, 1.54) is 66.6 Å². The molecule has 2 atom stereocenters. The third kappa shape index (κ3) is 6.04. The van der Waals surface area contributed by atoms with Crippen molar-refractivity contribution in [3.05, 3.63) is 276 Å². The van der Waals surface area contributed by atoms with Crippen LogP contribution in [0.15, 0.2) is 231 Å². The van der Waals surface area contributed by atoms with E-state index in [-0.39, 0.29) is 23.9 Å². The van der Waals surface area contributed by atoms with Crippen molar-refractivity contribution in [2.75, 3.05) is 0 Å². The maximum atomic E-state index is 2.59. The SMILES string of the molecule is c1ccc(C(c2ccccc2)n2c[n+](CC3C4c5ccccc5C(c5ccccc54)C3C[n+]3cn(C(c4ccccc4)c4ccccc4)c4ccccc43)c3ccccc32)cc1. The van der Waals surface area contributed by atoms with E-state index >= 15 is 0 Å². The topological polar surface area (TPSA) is 17.6 Å². The smallest absolute Gasteiger partial charge is 0.229 e. The second kappa shape index (κ2) is 15.3. The highest BCUT2D eigenvalue weighted by Gasteiger charge is 2.51. The van der Waals surface area contributed by atoms with E-state index in [2.05, 4.69) is 249 Å². The Morgan fingerprint density at radius 1 is 0.323 bits per heavy atom. The number of rotatable bonds is 10. The molecule has 8 aromatic carbocycles. The molecule has 0 radical (unpaired) electrons. The zero-order chi connectivity index (χ0) is 41.0. The molecule has 2 unspecified atom stereocenters. The maximum Gasteiger partial charge on any atom is 0.245 e. The number of aromatic nitrogens is 4. The average molecular weight is 801 g/mol. The fraction of sp³-hybridized carbons (Fsp3) is 0.138. The highest BCUT2D eigenvalue weighted by Crippen LogP contribution is 2.58. The van der Waals surface area contributed by atoms with Crippen LogP contribution in [0.2, 0.25) is 0 Å². The summed E-state index contributed by atoms with van der Waals surface area (Å²) in [4.78, 5) is 0. The van der Waals surface area contributed by atoms with Gasteiger partial charge in [0.1, 0.15) is 0 Å². The Balaban J connectivity index is 1.03. The molecule has 2 bridgehead atoms. The molecule has 13 rings (SSSR count). The second-order valence-electron chi connectivity index (χ2n) is 17.3. The second-order valence-corrected chi connectivity index (χ2v) is 17.3. The van der Waals surface area contributed by atoms with Gasteiger partial charge >= 0.3 is 0 Å². The lowest BCUT2D eigenvalue weighted by atomic mass is 9.54. The van der Waals surface area contributed by atoms with Crippen molar-refractivity contribution >= 4 is 22.1 Å². The molecule has 298 valence electrons. The van der Waals surface area contributed by atoms with Gasteiger partial charge < -0.3 is 0 Å². The van der Waals surface area contributed by atoms with E-state index in [0.29, 0.717) is 11.8 Å². The number of hydrogen-bond acceptors (Lipinski definition) is 0. The van der Waals surface area contributed by atoms with E-state index < -0.39 is 0 Å². The first-order valence-corrected chi connectivity index (χ1v) is 22.2. The molecule has 0 N–H and O–H groups in total. The standard InChI is InChI=1S/C58H48N4/c1-5-21-41(22-6-1)57(42-23-7-2-8-24-42)61-39-59(51-33-17-19-35-53(51)61)37-49-50(56-47-31-15-13-29-45(47)55(49)46-30-14-16-32-48(46)56)38-60-40-62(54-36-20-18-34-52(54)60)58(43-25-9-3-10-26-43)44-27-11-4-12-28-44/h1-36,39-40,49-50,55-58H,37-38H2/q+2. The van der Waals surface area contributed by atoms with Crippen molar-refractivity contribution in [1.29, 1.82) is 0 Å². The highest BCUT2D eigenvalue weighted by molar-refractivity contribution is 5.73. The van der Waals surface area contributed by atoms with Crippen LogP contribution >= 0.6 is 0 Å². The molecule has 3 aliphatic rings. The minimum absolute atomic E-state index is 0.0347. The number of benzene rings is 8. The van der Waals surface area contributed by atoms with Gasteiger partial charge in [-0.1, -0.05) is 194 Å². The molecule has 0 fully saturated rings. The van der Waals surface area contributed by atoms with Gasteiger partial charge in [0.25, 0.3) is 0 Å². The van der Waals surface area contributed by atoms with Crippen molar-refractivity contribution in [1.82, 2.24) is 9.13 Å². The predicted molar refractivity (Wildman–Crippen MR) is 248 cm³/mol. The summed E-state index contributed by atoms with van der Waals surface area (Å²) >= 11 is 0. The van der Waals surface area contributed by atoms with Crippen LogP contribution in [0.4, 0.5) is 0 Å². The Morgan fingerprint density at radius 3 is 0.919 bits per heavy atom. The Morgan fingerprint density at radius 2 is 0.597 bits per heavy atom. The summed E-state index contributed by atoms with van der Waals surface area (Å²) in [6.07, 6.45) is 4.85. The zero-order valence-corrected chi connectivity index (χ0v) is 34.6. The summed E-state index contributed by atoms with van der Waals surface area (Å²) in [5.74, 6) is 1.19. The number of para-hydroxylation sites is 4. The molecular formula is C58H48N4+2. The Kier molecular flexibility index (Phi) is 9.02. The number of hydrogen-bond donors (Lipinski definition) is 0. The van der Waals surface area contributed by atoms with Gasteiger partial charge in [-0.25, -0.2) is 18.3 Å². The normalized spacial score (nSPS) is 17.8. The van der Waals surface area contributed by atoms with Gasteiger partial charge in [0, 0.05) is 45.9 Å². The van der Waals surface area contributed by atoms with Crippen LogP contribution in [0.1, 0.15) is 68.4 Å². The van der Waals surface area contributed by atoms with Gasteiger partial charge in [-0.3, -0.25) is 0 Å². The molecule has 10 aromatic rings. The zero-order valence-electron chi connectivity index (χ0n) is 34.6. The van der Waals surface area contributed by atoms with Crippen molar-refractivity contribution in [2.45, 2.75) is 37.0 Å². The summed E-state index contributed by atoms with van der Waals surface area (Å²) in [5.41, 5.74) is 16.1. The number of imidazole rings is 2. The first kappa shape index (κ1) is 36.5. The Hall–Kier alpha value is -7.30. The molecule has 62 heavy (non-hydrogen) atoms. The third-order valence-corrected chi connectivity index (χ3v) is 14.0. The molecule has 2 heterocycles. The minimum Gasteiger partial charge on any atom is -0.229 e. The summed E-state index contributed by atoms with van der Waals surface area (Å²) in [7, 11) is 0. The molecule has 0 aliphatic heterocycles. The first-order valence-electron chi connectivity index (χ1n) is 22.2. The van der Waals surface area contributed by atoms with Gasteiger partial charge in [-0.15, -0.1) is 0 Å². The van der Waals surface area contributed by atoms with Gasteiger partial charge in [-0.05, 0) is 46.5 Å². The molecule has 2 aromatic heterocycles. The lowest BCUT2D eigenvalue weighted by Gasteiger charge is -2.49. The average Bonchev–Trinajstić information content (AvgIpc) is 3.88. The molecule has 3 aliphatic carbocycles. The Labute approximate surface area is 363 Å². The van der Waals surface area contributed by atoms with Gasteiger partial charge in [0.15, 0.2) is 34.2 Å². The van der Waals surface area contributed by atoms with Crippen molar-refractivity contribution in [3.8, 4) is 0 Å². The van der Waals surface area contributed by atoms with E-state index in [1.807, 2.05) is 0 Å². The molecule has 4 heteroatoms. The summed E-state index contributed by atoms with van der Waals surface area (Å²) in [6, 6.07) is 80.8. The van der Waals surface area contributed by atoms with Crippen molar-refractivity contribution < 1.29 is 9.13 Å². The molecular weight excluding hydrogens is 753 g/mol. The van der Waals surface area contributed by atoms with E-state index in [0.717, 1.165) is 13.1 Å². The van der Waals surface area contributed by atoms with E-state index in [4.69, 9.17) is 0 Å². The van der Waals surface area contributed by atoms with Crippen molar-refractivity contribution in [2.24, 2.45) is 11.8 Å². The largest absolute Gasteiger partial charge is 0.245 e. The van der Waals surface area contributed by atoms with Gasteiger partial charge in [0.2, 0.25) is 12.7 Å². The lowest BCUT2D eigenvalue weighted by Crippen LogP contribution is -2.52. The quantitative estimate of drug-likeness (QED) is 0.123. The Bertz CT molecular complexity index is 2830. The van der Waals surface area contributed by atoms with Crippen LogP contribution in [0.3, 0.4) is 0 Å². The van der Waals surface area contributed by atoms with Gasteiger partial charge in [-0.2, -0.15) is 0 Å². The van der Waals surface area contributed by atoms with E-state index in [1.54, 1.807) is 0 Å². The molecule has 0 amide bonds. The minimum atomic E-state index is 0.0347. The predicted octanol–water partition coefficient (Wildman–Crippen LogP) is 11.7. The summed E-state index contributed by atoms with van der Waals surface area (Å²) in [6.45, 7) is 1.79. The summed E-state index contributed by atoms with van der Waals surface area (Å²) in [5, 5.41) is 0. The molecule has 0 saturated carbocycles. The fourth-order valence-corrected chi connectivity index (χ4v) is 11.5. The number of fused-ring (bicyclic) bond motifs is 3. The monoisotopic (exact) mass is 800 g/mol. The molecule has 0 spiro atoms. The molecule has 4 nitrogen and oxygen atoms in total. The van der Waals surface area contributed by atoms with Crippen LogP contribution in [0.5, 0.6) is 0 Å². The van der Waals surface area contributed by atoms with Crippen LogP contribution in [0.25, 0.3) is 22.1 Å². The fourth-order valence-electron chi connectivity index (χ4n) is 11.5. The number of nitrogens with zero attached hydrogens (tertiary/aromatic N) is 4. The highest BCUT2D eigenvalue weighted by atomic mass is 15.2. The van der Waals surface area contributed by atoms with Crippen molar-refractivity contribution in [3.63, 3.8) is 0 Å². The van der Waals surface area contributed by atoms with Crippen LogP contribution in [0, 0.1) is 11.8 Å². The maximum absolute atomic E-state index is 2.59. The first-order chi connectivity index (χ1) is 30.8. The molecule has 0 saturated heterocycles. The van der Waals surface area contributed by atoms with Gasteiger partial charge in [0.05, 0.1) is 13.1 Å². The summed E-state index contributed by atoms with van der Waals surface area (Å²) < 4.78 is 10.2. The third-order valence-electron chi connectivity index (χ3n) is 14.0. The lowest BCUT2D eigenvalue weighted by molar-refractivity contribution is -0.697.